The second kappa shape index (κ2) is 6.18. The molecule has 1 saturated heterocycles. The fourth-order valence-corrected chi connectivity index (χ4v) is 3.15. The fourth-order valence-electron chi connectivity index (χ4n) is 3.15. The van der Waals surface area contributed by atoms with Crippen molar-refractivity contribution in [3.63, 3.8) is 0 Å². The van der Waals surface area contributed by atoms with E-state index in [-0.39, 0.29) is 6.61 Å². The van der Waals surface area contributed by atoms with Crippen LogP contribution >= 0.6 is 0 Å². The zero-order valence-corrected chi connectivity index (χ0v) is 12.9. The number of piperidine rings is 1. The highest BCUT2D eigenvalue weighted by Crippen LogP contribution is 2.48. The van der Waals surface area contributed by atoms with E-state index in [2.05, 4.69) is 27.1 Å². The number of hydrogen-bond donors (Lipinski definition) is 2. The molecule has 1 aromatic rings. The van der Waals surface area contributed by atoms with Crippen LogP contribution < -0.4 is 10.2 Å². The Morgan fingerprint density at radius 3 is 3.00 bits per heavy atom. The topological polar surface area (TPSA) is 61.3 Å². The number of nitrogens with one attached hydrogen (secondary N) is 1. The maximum absolute atomic E-state index is 9.35. The summed E-state index contributed by atoms with van der Waals surface area (Å²) in [5.41, 5.74) is 0.512. The normalized spacial score (nSPS) is 23.9. The number of nitrogens with zero attached hydrogens (tertiary/aromatic N) is 3. The maximum Gasteiger partial charge on any atom is 0.134 e. The molecule has 116 valence electrons. The molecule has 1 aromatic heterocycles. The third-order valence-electron chi connectivity index (χ3n) is 5.11. The summed E-state index contributed by atoms with van der Waals surface area (Å²) in [5.74, 6) is 2.28. The molecule has 3 rings (SSSR count). The summed E-state index contributed by atoms with van der Waals surface area (Å²) in [7, 11) is 0. The van der Waals surface area contributed by atoms with Gasteiger partial charge in [0, 0.05) is 32.3 Å². The first-order valence-corrected chi connectivity index (χ1v) is 8.16. The first-order chi connectivity index (χ1) is 10.2. The van der Waals surface area contributed by atoms with Gasteiger partial charge in [0.25, 0.3) is 0 Å². The van der Waals surface area contributed by atoms with Gasteiger partial charge in [-0.05, 0) is 43.4 Å². The third-order valence-corrected chi connectivity index (χ3v) is 5.11. The standard InChI is InChI=1S/C16H26N4O/c1-2-16(5-6-16)11-17-14-8-15(19-12-18-14)20-7-3-4-13(9-20)10-21/h8,12-13,21H,2-7,9-11H2,1H3,(H,17,18,19). The van der Waals surface area contributed by atoms with Gasteiger partial charge in [-0.15, -0.1) is 0 Å². The zero-order valence-electron chi connectivity index (χ0n) is 12.9. The molecule has 1 aliphatic heterocycles. The van der Waals surface area contributed by atoms with E-state index in [1.54, 1.807) is 6.33 Å². The van der Waals surface area contributed by atoms with Gasteiger partial charge < -0.3 is 15.3 Å². The Balaban J connectivity index is 1.62. The first kappa shape index (κ1) is 14.6. The largest absolute Gasteiger partial charge is 0.396 e. The highest BCUT2D eigenvalue weighted by molar-refractivity contribution is 5.49. The van der Waals surface area contributed by atoms with E-state index < -0.39 is 0 Å². The van der Waals surface area contributed by atoms with Gasteiger partial charge in [0.15, 0.2) is 0 Å². The Morgan fingerprint density at radius 1 is 1.43 bits per heavy atom. The molecular weight excluding hydrogens is 264 g/mol. The monoisotopic (exact) mass is 290 g/mol. The van der Waals surface area contributed by atoms with Crippen molar-refractivity contribution in [2.45, 2.75) is 39.0 Å². The van der Waals surface area contributed by atoms with Crippen LogP contribution in [0.4, 0.5) is 11.6 Å². The number of hydrogen-bond acceptors (Lipinski definition) is 5. The van der Waals surface area contributed by atoms with Gasteiger partial charge >= 0.3 is 0 Å². The molecule has 2 heterocycles. The van der Waals surface area contributed by atoms with Gasteiger partial charge in [0.05, 0.1) is 0 Å². The van der Waals surface area contributed by atoms with Crippen molar-refractivity contribution in [2.75, 3.05) is 36.5 Å². The molecule has 1 atom stereocenters. The van der Waals surface area contributed by atoms with Crippen molar-refractivity contribution >= 4 is 11.6 Å². The predicted octanol–water partition coefficient (Wildman–Crippen LogP) is 2.29. The lowest BCUT2D eigenvalue weighted by Gasteiger charge is -2.32. The van der Waals surface area contributed by atoms with Crippen LogP contribution in [0.5, 0.6) is 0 Å². The Bertz CT molecular complexity index is 475. The minimum atomic E-state index is 0.270. The Morgan fingerprint density at radius 2 is 2.29 bits per heavy atom. The lowest BCUT2D eigenvalue weighted by molar-refractivity contribution is 0.208. The van der Waals surface area contributed by atoms with Crippen LogP contribution in [-0.4, -0.2) is 41.3 Å². The van der Waals surface area contributed by atoms with Crippen molar-refractivity contribution < 1.29 is 5.11 Å². The molecule has 0 amide bonds. The van der Waals surface area contributed by atoms with Crippen molar-refractivity contribution in [1.82, 2.24) is 9.97 Å². The molecule has 21 heavy (non-hydrogen) atoms. The highest BCUT2D eigenvalue weighted by atomic mass is 16.3. The molecule has 2 N–H and O–H groups in total. The van der Waals surface area contributed by atoms with Gasteiger partial charge in [-0.2, -0.15) is 0 Å². The Hall–Kier alpha value is -1.36. The number of aliphatic hydroxyl groups excluding tert-OH is 1. The van der Waals surface area contributed by atoms with Gasteiger partial charge in [-0.3, -0.25) is 0 Å². The molecule has 2 fully saturated rings. The van der Waals surface area contributed by atoms with Crippen LogP contribution in [0.25, 0.3) is 0 Å². The molecule has 1 saturated carbocycles. The number of anilines is 2. The summed E-state index contributed by atoms with van der Waals surface area (Å²) in [6, 6.07) is 2.05. The minimum absolute atomic E-state index is 0.270. The van der Waals surface area contributed by atoms with Crippen molar-refractivity contribution in [3.05, 3.63) is 12.4 Å². The molecule has 5 nitrogen and oxygen atoms in total. The van der Waals surface area contributed by atoms with E-state index in [1.807, 2.05) is 6.07 Å². The van der Waals surface area contributed by atoms with Crippen LogP contribution in [0.1, 0.15) is 39.0 Å². The Labute approximate surface area is 126 Å². The molecular formula is C16H26N4O. The fraction of sp³-hybridized carbons (Fsp3) is 0.750. The lowest BCUT2D eigenvalue weighted by atomic mass is 9.99. The first-order valence-electron chi connectivity index (χ1n) is 8.16. The van der Waals surface area contributed by atoms with E-state index in [9.17, 15) is 5.11 Å². The van der Waals surface area contributed by atoms with E-state index in [4.69, 9.17) is 0 Å². The SMILES string of the molecule is CCC1(CNc2cc(N3CCCC(CO)C3)ncn2)CC1. The quantitative estimate of drug-likeness (QED) is 0.841. The van der Waals surface area contributed by atoms with Crippen molar-refractivity contribution in [3.8, 4) is 0 Å². The summed E-state index contributed by atoms with van der Waals surface area (Å²) < 4.78 is 0. The van der Waals surface area contributed by atoms with E-state index in [1.165, 1.54) is 19.3 Å². The third kappa shape index (κ3) is 3.46. The van der Waals surface area contributed by atoms with E-state index in [0.29, 0.717) is 11.3 Å². The summed E-state index contributed by atoms with van der Waals surface area (Å²) in [6.07, 6.45) is 7.78. The van der Waals surface area contributed by atoms with Crippen LogP contribution in [0.15, 0.2) is 12.4 Å². The maximum atomic E-state index is 9.35. The predicted molar refractivity (Wildman–Crippen MR) is 84.5 cm³/mol. The summed E-state index contributed by atoms with van der Waals surface area (Å²) in [6.45, 7) is 5.46. The van der Waals surface area contributed by atoms with Crippen LogP contribution in [0.3, 0.4) is 0 Å². The average Bonchev–Trinajstić information content (AvgIpc) is 3.34. The molecule has 0 spiro atoms. The van der Waals surface area contributed by atoms with E-state index >= 15 is 0 Å². The van der Waals surface area contributed by atoms with Crippen molar-refractivity contribution in [2.24, 2.45) is 11.3 Å². The zero-order chi connectivity index (χ0) is 14.7. The van der Waals surface area contributed by atoms with Gasteiger partial charge in [0.2, 0.25) is 0 Å². The number of rotatable bonds is 6. The second-order valence-corrected chi connectivity index (χ2v) is 6.61. The van der Waals surface area contributed by atoms with Crippen LogP contribution in [0, 0.1) is 11.3 Å². The molecule has 2 aliphatic rings. The van der Waals surface area contributed by atoms with Crippen LogP contribution in [-0.2, 0) is 0 Å². The highest BCUT2D eigenvalue weighted by Gasteiger charge is 2.40. The molecule has 0 radical (unpaired) electrons. The second-order valence-electron chi connectivity index (χ2n) is 6.61. The average molecular weight is 290 g/mol. The molecule has 1 aliphatic carbocycles. The van der Waals surface area contributed by atoms with E-state index in [0.717, 1.165) is 44.1 Å². The minimum Gasteiger partial charge on any atom is -0.396 e. The van der Waals surface area contributed by atoms with Gasteiger partial charge in [0.1, 0.15) is 18.0 Å². The van der Waals surface area contributed by atoms with Crippen molar-refractivity contribution in [1.29, 1.82) is 0 Å². The smallest absolute Gasteiger partial charge is 0.134 e. The summed E-state index contributed by atoms with van der Waals surface area (Å²) >= 11 is 0. The molecule has 1 unspecified atom stereocenters. The number of aliphatic hydroxyl groups is 1. The van der Waals surface area contributed by atoms with Gasteiger partial charge in [-0.25, -0.2) is 9.97 Å². The molecule has 5 heteroatoms. The van der Waals surface area contributed by atoms with Gasteiger partial charge in [-0.1, -0.05) is 6.92 Å². The summed E-state index contributed by atoms with van der Waals surface area (Å²) in [4.78, 5) is 11.0. The molecule has 0 bridgehead atoms. The molecule has 0 aromatic carbocycles. The lowest BCUT2D eigenvalue weighted by Crippen LogP contribution is -2.37. The number of aromatic nitrogens is 2. The summed E-state index contributed by atoms with van der Waals surface area (Å²) in [5, 5.41) is 12.8. The van der Waals surface area contributed by atoms with Crippen LogP contribution in [0.2, 0.25) is 0 Å². The Kier molecular flexibility index (Phi) is 4.29.